The number of hydrogen-bond donors (Lipinski definition) is 2. The maximum Gasteiger partial charge on any atom is 0.342 e. The molecular formula is C27H24O8S. The zero-order chi connectivity index (χ0) is 26.2. The zero-order valence-corrected chi connectivity index (χ0v) is 20.7. The quantitative estimate of drug-likeness (QED) is 0.347. The Bertz CT molecular complexity index is 1520. The molecule has 3 aromatic carbocycles. The number of aromatic hydroxyl groups is 1. The molecule has 3 aromatic rings. The Balaban J connectivity index is 1.81. The van der Waals surface area contributed by atoms with Crippen molar-refractivity contribution in [2.45, 2.75) is 38.7 Å². The molecule has 0 saturated heterocycles. The number of ether oxygens (including phenoxy) is 1. The van der Waals surface area contributed by atoms with E-state index in [0.717, 1.165) is 11.1 Å². The molecule has 1 aliphatic heterocycles. The number of phenolic OH excluding ortho intramolecular Hbond substituents is 1. The van der Waals surface area contributed by atoms with Gasteiger partial charge in [-0.05, 0) is 62.1 Å². The Morgan fingerprint density at radius 2 is 1.81 bits per heavy atom. The summed E-state index contributed by atoms with van der Waals surface area (Å²) in [6, 6.07) is 10.9. The Morgan fingerprint density at radius 1 is 1.11 bits per heavy atom. The van der Waals surface area contributed by atoms with E-state index in [9.17, 15) is 28.2 Å². The smallest absolute Gasteiger partial charge is 0.342 e. The van der Waals surface area contributed by atoms with Crippen molar-refractivity contribution in [1.82, 2.24) is 0 Å². The van der Waals surface area contributed by atoms with E-state index in [-0.39, 0.29) is 46.1 Å². The summed E-state index contributed by atoms with van der Waals surface area (Å²) in [5.41, 5.74) is 2.90. The third-order valence-corrected chi connectivity index (χ3v) is 7.35. The van der Waals surface area contributed by atoms with E-state index < -0.39 is 22.1 Å². The Hall–Kier alpha value is -4.11. The Labute approximate surface area is 208 Å². The number of hydrogen-bond acceptors (Lipinski definition) is 7. The van der Waals surface area contributed by atoms with Gasteiger partial charge in [0.1, 0.15) is 22.8 Å². The Kier molecular flexibility index (Phi) is 6.60. The van der Waals surface area contributed by atoms with Crippen LogP contribution in [0.15, 0.2) is 53.4 Å². The van der Waals surface area contributed by atoms with E-state index in [1.54, 1.807) is 50.3 Å². The van der Waals surface area contributed by atoms with Gasteiger partial charge in [-0.15, -0.1) is 0 Å². The number of cyclic esters (lactones) is 1. The summed E-state index contributed by atoms with van der Waals surface area (Å²) < 4.78 is 36.8. The molecule has 0 atom stereocenters. The molecule has 0 amide bonds. The molecule has 9 heteroatoms. The second-order valence-corrected chi connectivity index (χ2v) is 10.1. The van der Waals surface area contributed by atoms with Crippen LogP contribution in [0.3, 0.4) is 0 Å². The zero-order valence-electron chi connectivity index (χ0n) is 19.9. The number of allylic oxidation sites excluding steroid dienone is 1. The van der Waals surface area contributed by atoms with Crippen LogP contribution in [-0.2, 0) is 27.9 Å². The van der Waals surface area contributed by atoms with E-state index in [0.29, 0.717) is 16.7 Å². The molecular weight excluding hydrogens is 484 g/mol. The summed E-state index contributed by atoms with van der Waals surface area (Å²) in [5, 5.41) is 20.5. The topological polar surface area (TPSA) is 127 Å². The normalized spacial score (nSPS) is 13.0. The number of rotatable bonds is 7. The van der Waals surface area contributed by atoms with Crippen molar-refractivity contribution < 1.29 is 37.1 Å². The highest BCUT2D eigenvalue weighted by atomic mass is 32.2. The van der Waals surface area contributed by atoms with Crippen LogP contribution in [0.5, 0.6) is 11.5 Å². The maximum atomic E-state index is 13.1. The van der Waals surface area contributed by atoms with Crippen LogP contribution < -0.4 is 4.18 Å². The van der Waals surface area contributed by atoms with Gasteiger partial charge < -0.3 is 19.1 Å². The van der Waals surface area contributed by atoms with Crippen LogP contribution >= 0.6 is 0 Å². The number of carbonyl (C=O) groups is 2. The molecule has 0 spiro atoms. The van der Waals surface area contributed by atoms with Crippen LogP contribution in [0.4, 0.5) is 0 Å². The number of aromatic carboxylic acids is 1. The van der Waals surface area contributed by atoms with E-state index in [1.807, 2.05) is 6.92 Å². The third-order valence-electron chi connectivity index (χ3n) is 6.11. The number of carbonyl (C=O) groups excluding carboxylic acids is 1. The van der Waals surface area contributed by atoms with Crippen molar-refractivity contribution in [3.63, 3.8) is 0 Å². The molecule has 1 heterocycles. The van der Waals surface area contributed by atoms with Gasteiger partial charge in [0.25, 0.3) is 0 Å². The van der Waals surface area contributed by atoms with E-state index >= 15 is 0 Å². The molecule has 8 nitrogen and oxygen atoms in total. The average molecular weight is 509 g/mol. The molecule has 36 heavy (non-hydrogen) atoms. The van der Waals surface area contributed by atoms with E-state index in [2.05, 4.69) is 0 Å². The number of benzene rings is 3. The predicted octanol–water partition coefficient (Wildman–Crippen LogP) is 4.71. The van der Waals surface area contributed by atoms with Gasteiger partial charge in [0.2, 0.25) is 0 Å². The highest BCUT2D eigenvalue weighted by Crippen LogP contribution is 2.43. The van der Waals surface area contributed by atoms with Crippen LogP contribution in [0.25, 0.3) is 6.08 Å². The molecule has 2 N–H and O–H groups in total. The lowest BCUT2D eigenvalue weighted by Gasteiger charge is -2.17. The largest absolute Gasteiger partial charge is 0.507 e. The molecule has 4 rings (SSSR count). The van der Waals surface area contributed by atoms with Gasteiger partial charge in [0.15, 0.2) is 5.75 Å². The Morgan fingerprint density at radius 3 is 2.47 bits per heavy atom. The molecule has 186 valence electrons. The van der Waals surface area contributed by atoms with Crippen molar-refractivity contribution in [3.8, 4) is 11.5 Å². The summed E-state index contributed by atoms with van der Waals surface area (Å²) in [7, 11) is -4.35. The van der Waals surface area contributed by atoms with Gasteiger partial charge in [-0.1, -0.05) is 42.0 Å². The fourth-order valence-electron chi connectivity index (χ4n) is 4.09. The minimum absolute atomic E-state index is 0.0423. The first-order valence-corrected chi connectivity index (χ1v) is 12.5. The van der Waals surface area contributed by atoms with Crippen molar-refractivity contribution in [1.29, 1.82) is 0 Å². The number of phenols is 1. The molecule has 0 fully saturated rings. The first-order valence-electron chi connectivity index (χ1n) is 11.1. The summed E-state index contributed by atoms with van der Waals surface area (Å²) in [6.45, 7) is 5.07. The molecule has 0 unspecified atom stereocenters. The van der Waals surface area contributed by atoms with Gasteiger partial charge in [-0.25, -0.2) is 9.59 Å². The van der Waals surface area contributed by atoms with Gasteiger partial charge in [0.05, 0.1) is 5.56 Å². The number of carboxylic acid groups (broad SMARTS) is 1. The van der Waals surface area contributed by atoms with Crippen molar-refractivity contribution >= 4 is 28.1 Å². The van der Waals surface area contributed by atoms with Crippen LogP contribution in [-0.4, -0.2) is 30.6 Å². The minimum Gasteiger partial charge on any atom is -0.507 e. The monoisotopic (exact) mass is 508 g/mol. The second kappa shape index (κ2) is 9.50. The lowest BCUT2D eigenvalue weighted by Crippen LogP contribution is -2.14. The summed E-state index contributed by atoms with van der Waals surface area (Å²) >= 11 is 0. The molecule has 0 bridgehead atoms. The summed E-state index contributed by atoms with van der Waals surface area (Å²) in [4.78, 5) is 24.1. The van der Waals surface area contributed by atoms with Gasteiger partial charge in [-0.3, -0.25) is 0 Å². The van der Waals surface area contributed by atoms with Crippen molar-refractivity contribution in [2.75, 3.05) is 0 Å². The maximum absolute atomic E-state index is 13.1. The number of aryl methyl sites for hydroxylation is 2. The highest BCUT2D eigenvalue weighted by Gasteiger charge is 2.35. The SMILES string of the molecule is Cc1ccc(S(=O)(=O)Oc2c(CC=Cc3c(C)cccc3C(=O)O)c(O)c(C)c3c2C(=O)OC3)cc1. The first-order chi connectivity index (χ1) is 17.0. The van der Waals surface area contributed by atoms with Crippen LogP contribution in [0.2, 0.25) is 0 Å². The standard InChI is InChI=1S/C27H24O8S/c1-15-10-12-18(13-11-15)36(32,33)35-25-21(24(28)17(3)22-14-34-27(31)23(22)25)9-5-7-19-16(2)6-4-8-20(19)26(29)30/h4-8,10-13,28H,9,14H2,1-3H3,(H,29,30). The first kappa shape index (κ1) is 25.0. The van der Waals surface area contributed by atoms with Gasteiger partial charge in [0, 0.05) is 11.1 Å². The summed E-state index contributed by atoms with van der Waals surface area (Å²) in [5.74, 6) is -2.37. The molecule has 0 aliphatic carbocycles. The fourth-order valence-corrected chi connectivity index (χ4v) is 5.05. The lowest BCUT2D eigenvalue weighted by molar-refractivity contribution is 0.0533. The van der Waals surface area contributed by atoms with Gasteiger partial charge in [-0.2, -0.15) is 8.42 Å². The number of fused-ring (bicyclic) bond motifs is 1. The molecule has 0 saturated carbocycles. The minimum atomic E-state index is -4.35. The van der Waals surface area contributed by atoms with E-state index in [4.69, 9.17) is 8.92 Å². The lowest BCUT2D eigenvalue weighted by atomic mass is 9.95. The van der Waals surface area contributed by atoms with Crippen molar-refractivity contribution in [2.24, 2.45) is 0 Å². The number of esters is 1. The summed E-state index contributed by atoms with van der Waals surface area (Å²) in [6.07, 6.45) is 3.12. The van der Waals surface area contributed by atoms with Crippen LogP contribution in [0, 0.1) is 20.8 Å². The van der Waals surface area contributed by atoms with E-state index in [1.165, 1.54) is 18.2 Å². The molecule has 0 aromatic heterocycles. The van der Waals surface area contributed by atoms with Crippen molar-refractivity contribution in [3.05, 3.63) is 93.0 Å². The van der Waals surface area contributed by atoms with Crippen LogP contribution in [0.1, 0.15) is 54.1 Å². The third kappa shape index (κ3) is 4.57. The average Bonchev–Trinajstić information content (AvgIpc) is 3.21. The highest BCUT2D eigenvalue weighted by molar-refractivity contribution is 7.87. The number of carboxylic acids is 1. The predicted molar refractivity (Wildman–Crippen MR) is 132 cm³/mol. The molecule has 1 aliphatic rings. The second-order valence-electron chi connectivity index (χ2n) is 8.51. The fraction of sp³-hybridized carbons (Fsp3) is 0.185. The molecule has 0 radical (unpaired) electrons. The van der Waals surface area contributed by atoms with Gasteiger partial charge >= 0.3 is 22.1 Å².